The van der Waals surface area contributed by atoms with Gasteiger partial charge in [-0.3, -0.25) is 5.10 Å². The molecule has 0 saturated carbocycles. The summed E-state index contributed by atoms with van der Waals surface area (Å²) in [6.45, 7) is 1.92. The Bertz CT molecular complexity index is 982. The van der Waals surface area contributed by atoms with Crippen LogP contribution in [0.25, 0.3) is 11.3 Å². The monoisotopic (exact) mass is 453 g/mol. The van der Waals surface area contributed by atoms with Gasteiger partial charge in [-0.15, -0.1) is 0 Å². The van der Waals surface area contributed by atoms with Crippen LogP contribution in [0.2, 0.25) is 0 Å². The molecule has 0 radical (unpaired) electrons. The highest BCUT2D eigenvalue weighted by molar-refractivity contribution is 14.1. The second kappa shape index (κ2) is 6.56. The first-order chi connectivity index (χ1) is 11.4. The van der Waals surface area contributed by atoms with Gasteiger partial charge in [-0.2, -0.15) is 5.10 Å². The molecule has 0 unspecified atom stereocenters. The number of aromatic nitrogens is 2. The van der Waals surface area contributed by atoms with Crippen LogP contribution in [0.3, 0.4) is 0 Å². The van der Waals surface area contributed by atoms with Crippen LogP contribution >= 0.6 is 22.6 Å². The number of nitrogens with one attached hydrogen (secondary N) is 1. The molecule has 5 nitrogen and oxygen atoms in total. The van der Waals surface area contributed by atoms with E-state index in [1.165, 1.54) is 0 Å². The normalized spacial score (nSPS) is 11.6. The number of H-pyrrole nitrogens is 1. The van der Waals surface area contributed by atoms with E-state index in [0.29, 0.717) is 17.1 Å². The minimum absolute atomic E-state index is 0.0515. The van der Waals surface area contributed by atoms with E-state index in [0.717, 1.165) is 14.7 Å². The number of sulfone groups is 1. The Morgan fingerprint density at radius 1 is 1.17 bits per heavy atom. The average molecular weight is 453 g/mol. The number of hydrogen-bond acceptors (Lipinski definition) is 4. The first-order valence-electron chi connectivity index (χ1n) is 7.25. The Labute approximate surface area is 154 Å². The molecular formula is C17H16IN3O2S. The van der Waals surface area contributed by atoms with Crippen molar-refractivity contribution in [2.24, 2.45) is 0 Å². The highest BCUT2D eigenvalue weighted by atomic mass is 127. The maximum atomic E-state index is 13.0. The van der Waals surface area contributed by atoms with E-state index in [2.05, 4.69) is 32.8 Å². The summed E-state index contributed by atoms with van der Waals surface area (Å²) in [4.78, 5) is 0.276. The zero-order valence-corrected chi connectivity index (χ0v) is 15.9. The molecule has 0 atom stereocenters. The van der Waals surface area contributed by atoms with Crippen molar-refractivity contribution in [1.82, 2.24) is 10.2 Å². The molecule has 3 aromatic rings. The van der Waals surface area contributed by atoms with Gasteiger partial charge in [0.25, 0.3) is 0 Å². The predicted octanol–water partition coefficient (Wildman–Crippen LogP) is 3.55. The maximum Gasteiger partial charge on any atom is 0.183 e. The van der Waals surface area contributed by atoms with Crippen molar-refractivity contribution in [3.05, 3.63) is 63.2 Å². The molecule has 0 aliphatic heterocycles. The number of rotatable bonds is 4. The largest absolute Gasteiger partial charge is 0.381 e. The number of aromatic amines is 1. The Morgan fingerprint density at radius 3 is 2.50 bits per heavy atom. The molecule has 0 spiro atoms. The Balaban J connectivity index is 2.13. The molecule has 0 amide bonds. The van der Waals surface area contributed by atoms with E-state index < -0.39 is 9.84 Å². The van der Waals surface area contributed by atoms with E-state index in [-0.39, 0.29) is 10.6 Å². The summed E-state index contributed by atoms with van der Waals surface area (Å²) in [6, 6.07) is 14.4. The number of hydrogen-bond donors (Lipinski definition) is 2. The molecule has 0 aliphatic rings. The molecule has 3 N–H and O–H groups in total. The highest BCUT2D eigenvalue weighted by Gasteiger charge is 2.23. The molecule has 0 fully saturated rings. The number of nitrogen functional groups attached to an aromatic ring is 1. The van der Waals surface area contributed by atoms with Crippen molar-refractivity contribution in [3.8, 4) is 11.3 Å². The lowest BCUT2D eigenvalue weighted by Crippen LogP contribution is -2.07. The molecule has 124 valence electrons. The van der Waals surface area contributed by atoms with Crippen LogP contribution in [0, 0.1) is 10.5 Å². The van der Waals surface area contributed by atoms with Gasteiger partial charge in [0.05, 0.1) is 19.9 Å². The van der Waals surface area contributed by atoms with Gasteiger partial charge in [-0.05, 0) is 47.2 Å². The van der Waals surface area contributed by atoms with Crippen molar-refractivity contribution in [2.45, 2.75) is 17.6 Å². The van der Waals surface area contributed by atoms with Gasteiger partial charge in [-0.25, -0.2) is 8.42 Å². The van der Waals surface area contributed by atoms with E-state index >= 15 is 0 Å². The zero-order valence-electron chi connectivity index (χ0n) is 13.0. The van der Waals surface area contributed by atoms with Crippen molar-refractivity contribution >= 4 is 38.2 Å². The van der Waals surface area contributed by atoms with E-state index in [9.17, 15) is 8.42 Å². The third-order valence-electron chi connectivity index (χ3n) is 3.67. The molecular weight excluding hydrogens is 437 g/mol. The topological polar surface area (TPSA) is 88.8 Å². The van der Waals surface area contributed by atoms with Crippen molar-refractivity contribution in [2.75, 3.05) is 5.73 Å². The Hall–Kier alpha value is -1.87. The quantitative estimate of drug-likeness (QED) is 0.592. The lowest BCUT2D eigenvalue weighted by molar-refractivity contribution is 0.595. The van der Waals surface area contributed by atoms with E-state index in [1.807, 2.05) is 43.3 Å². The molecule has 0 bridgehead atoms. The summed E-state index contributed by atoms with van der Waals surface area (Å²) < 4.78 is 26.6. The van der Waals surface area contributed by atoms with Crippen LogP contribution in [0.4, 0.5) is 5.82 Å². The Morgan fingerprint density at radius 2 is 1.88 bits per heavy atom. The fraction of sp³-hybridized carbons (Fsp3) is 0.118. The van der Waals surface area contributed by atoms with Crippen molar-refractivity contribution in [3.63, 3.8) is 0 Å². The van der Waals surface area contributed by atoms with Gasteiger partial charge >= 0.3 is 0 Å². The summed E-state index contributed by atoms with van der Waals surface area (Å²) >= 11 is 2.07. The van der Waals surface area contributed by atoms with Gasteiger partial charge in [0.2, 0.25) is 0 Å². The maximum absolute atomic E-state index is 13.0. The number of anilines is 1. The van der Waals surface area contributed by atoms with Crippen molar-refractivity contribution < 1.29 is 8.42 Å². The molecule has 1 aromatic heterocycles. The molecule has 1 heterocycles. The third kappa shape index (κ3) is 3.32. The minimum atomic E-state index is -3.51. The van der Waals surface area contributed by atoms with Crippen LogP contribution in [-0.4, -0.2) is 18.6 Å². The van der Waals surface area contributed by atoms with Crippen LogP contribution in [-0.2, 0) is 15.6 Å². The number of benzene rings is 2. The van der Waals surface area contributed by atoms with E-state index in [1.54, 1.807) is 12.1 Å². The van der Waals surface area contributed by atoms with Gasteiger partial charge in [-0.1, -0.05) is 42.0 Å². The van der Waals surface area contributed by atoms with Gasteiger partial charge < -0.3 is 5.73 Å². The zero-order chi connectivity index (χ0) is 17.3. The first-order valence-corrected chi connectivity index (χ1v) is 9.98. The van der Waals surface area contributed by atoms with Crippen molar-refractivity contribution in [1.29, 1.82) is 0 Å². The van der Waals surface area contributed by atoms with Crippen LogP contribution in [0.5, 0.6) is 0 Å². The predicted molar refractivity (Wildman–Crippen MR) is 103 cm³/mol. The van der Waals surface area contributed by atoms with Gasteiger partial charge in [0.1, 0.15) is 0 Å². The second-order valence-corrected chi connectivity index (χ2v) is 8.58. The number of aryl methyl sites for hydroxylation is 1. The lowest BCUT2D eigenvalue weighted by Gasteiger charge is -2.11. The van der Waals surface area contributed by atoms with E-state index in [4.69, 9.17) is 5.73 Å². The fourth-order valence-corrected chi connectivity index (χ4v) is 4.59. The summed E-state index contributed by atoms with van der Waals surface area (Å²) in [6.07, 6.45) is 0. The lowest BCUT2D eigenvalue weighted by atomic mass is 10.1. The van der Waals surface area contributed by atoms with Crippen LogP contribution < -0.4 is 5.73 Å². The average Bonchev–Trinajstić information content (AvgIpc) is 2.87. The SMILES string of the molecule is Cc1ccc(S(=O)(=O)Cc2ccccc2)c(-c2[nH]nc(N)c2I)c1. The van der Waals surface area contributed by atoms with Gasteiger partial charge in [0.15, 0.2) is 15.7 Å². The highest BCUT2D eigenvalue weighted by Crippen LogP contribution is 2.33. The molecule has 7 heteroatoms. The molecule has 24 heavy (non-hydrogen) atoms. The minimum Gasteiger partial charge on any atom is -0.381 e. The smallest absolute Gasteiger partial charge is 0.183 e. The number of nitrogens with two attached hydrogens (primary N) is 1. The Kier molecular flexibility index (Phi) is 4.64. The summed E-state index contributed by atoms with van der Waals surface area (Å²) in [5, 5.41) is 6.83. The van der Waals surface area contributed by atoms with Crippen LogP contribution in [0.1, 0.15) is 11.1 Å². The fourth-order valence-electron chi connectivity index (χ4n) is 2.50. The number of halogens is 1. The van der Waals surface area contributed by atoms with Crippen LogP contribution in [0.15, 0.2) is 53.4 Å². The molecule has 0 aliphatic carbocycles. The standard InChI is InChI=1S/C17H16IN3O2S/c1-11-7-8-14(13(9-11)16-15(18)17(19)21-20-16)24(22,23)10-12-5-3-2-4-6-12/h2-9H,10H2,1H3,(H3,19,20,21). The summed E-state index contributed by atoms with van der Waals surface area (Å²) in [5.74, 6) is 0.308. The summed E-state index contributed by atoms with van der Waals surface area (Å²) in [5.41, 5.74) is 8.74. The third-order valence-corrected chi connectivity index (χ3v) is 6.50. The first kappa shape index (κ1) is 17.0. The number of nitrogens with zero attached hydrogens (tertiary/aromatic N) is 1. The second-order valence-electron chi connectivity index (χ2n) is 5.54. The molecule has 3 rings (SSSR count). The molecule has 0 saturated heterocycles. The molecule has 2 aromatic carbocycles. The van der Waals surface area contributed by atoms with Gasteiger partial charge in [0, 0.05) is 5.56 Å². The summed E-state index contributed by atoms with van der Waals surface area (Å²) in [7, 11) is -3.51.